The maximum Gasteiger partial charge on any atom is 0.257 e. The smallest absolute Gasteiger partial charge is 0.257 e. The first-order valence-corrected chi connectivity index (χ1v) is 10.3. The van der Waals surface area contributed by atoms with Crippen molar-refractivity contribution < 1.29 is 13.9 Å². The van der Waals surface area contributed by atoms with Gasteiger partial charge in [0.2, 0.25) is 0 Å². The first kappa shape index (κ1) is 21.0. The van der Waals surface area contributed by atoms with Crippen molar-refractivity contribution in [2.24, 2.45) is 0 Å². The van der Waals surface area contributed by atoms with Crippen LogP contribution >= 0.6 is 11.3 Å². The summed E-state index contributed by atoms with van der Waals surface area (Å²) in [5.74, 6) is -0.0750. The number of nitrogens with one attached hydrogen (secondary N) is 1. The van der Waals surface area contributed by atoms with Crippen molar-refractivity contribution in [3.8, 4) is 17.0 Å². The van der Waals surface area contributed by atoms with E-state index in [-0.39, 0.29) is 11.7 Å². The number of amides is 1. The molecule has 0 aliphatic carbocycles. The molecule has 1 amide bonds. The second kappa shape index (κ2) is 9.62. The third-order valence-corrected chi connectivity index (χ3v) is 5.44. The Kier molecular flexibility index (Phi) is 6.95. The minimum absolute atomic E-state index is 0.230. The Balaban J connectivity index is 1.70. The van der Waals surface area contributed by atoms with Crippen LogP contribution in [0.25, 0.3) is 11.3 Å². The van der Waals surface area contributed by atoms with E-state index in [0.29, 0.717) is 27.7 Å². The monoisotopic (exact) mass is 413 g/mol. The molecule has 5 nitrogen and oxygen atoms in total. The molecule has 152 valence electrons. The van der Waals surface area contributed by atoms with Gasteiger partial charge in [-0.1, -0.05) is 26.0 Å². The lowest BCUT2D eigenvalue weighted by atomic mass is 10.1. The van der Waals surface area contributed by atoms with Gasteiger partial charge in [-0.15, -0.1) is 11.3 Å². The zero-order chi connectivity index (χ0) is 20.8. The van der Waals surface area contributed by atoms with Crippen LogP contribution in [0.5, 0.6) is 5.75 Å². The molecule has 1 N–H and O–H groups in total. The quantitative estimate of drug-likeness (QED) is 0.561. The van der Waals surface area contributed by atoms with Crippen LogP contribution in [0.3, 0.4) is 0 Å². The molecule has 1 aromatic heterocycles. The van der Waals surface area contributed by atoms with Gasteiger partial charge in [-0.2, -0.15) is 0 Å². The summed E-state index contributed by atoms with van der Waals surface area (Å²) in [7, 11) is 1.52. The molecule has 0 unspecified atom stereocenters. The summed E-state index contributed by atoms with van der Waals surface area (Å²) in [6, 6.07) is 11.8. The summed E-state index contributed by atoms with van der Waals surface area (Å²) >= 11 is 1.28. The predicted molar refractivity (Wildman–Crippen MR) is 115 cm³/mol. The van der Waals surface area contributed by atoms with Gasteiger partial charge in [0.25, 0.3) is 5.91 Å². The summed E-state index contributed by atoms with van der Waals surface area (Å²) in [4.78, 5) is 19.3. The van der Waals surface area contributed by atoms with Crippen LogP contribution in [-0.4, -0.2) is 36.0 Å². The second-order valence-corrected chi connectivity index (χ2v) is 7.35. The van der Waals surface area contributed by atoms with Gasteiger partial charge in [0.1, 0.15) is 11.6 Å². The lowest BCUT2D eigenvalue weighted by Crippen LogP contribution is -2.22. The van der Waals surface area contributed by atoms with Gasteiger partial charge in [-0.3, -0.25) is 15.0 Å². The highest BCUT2D eigenvalue weighted by atomic mass is 32.1. The van der Waals surface area contributed by atoms with Gasteiger partial charge in [0.05, 0.1) is 12.8 Å². The number of halogens is 1. The van der Waals surface area contributed by atoms with Crippen LogP contribution < -0.4 is 10.1 Å². The van der Waals surface area contributed by atoms with Crippen LogP contribution in [0, 0.1) is 5.82 Å². The van der Waals surface area contributed by atoms with E-state index in [0.717, 1.165) is 19.6 Å². The van der Waals surface area contributed by atoms with Crippen LogP contribution in [0.15, 0.2) is 47.8 Å². The average Bonchev–Trinajstić information content (AvgIpc) is 3.20. The van der Waals surface area contributed by atoms with E-state index in [4.69, 9.17) is 4.74 Å². The minimum atomic E-state index is -0.371. The van der Waals surface area contributed by atoms with Crippen molar-refractivity contribution in [1.29, 1.82) is 0 Å². The molecule has 0 bridgehead atoms. The Morgan fingerprint density at radius 3 is 2.55 bits per heavy atom. The summed E-state index contributed by atoms with van der Waals surface area (Å²) in [5, 5.41) is 5.02. The molecule has 0 saturated carbocycles. The summed E-state index contributed by atoms with van der Waals surface area (Å²) in [6.45, 7) is 7.10. The Bertz CT molecular complexity index is 968. The molecule has 3 rings (SSSR count). The molecule has 0 aliphatic rings. The van der Waals surface area contributed by atoms with Crippen molar-refractivity contribution in [3.63, 3.8) is 0 Å². The molecular weight excluding hydrogens is 389 g/mol. The lowest BCUT2D eigenvalue weighted by Gasteiger charge is -2.17. The zero-order valence-electron chi connectivity index (χ0n) is 16.7. The van der Waals surface area contributed by atoms with Crippen LogP contribution in [0.1, 0.15) is 29.8 Å². The molecule has 0 atom stereocenters. The number of anilines is 1. The fourth-order valence-electron chi connectivity index (χ4n) is 2.97. The molecule has 1 heterocycles. The van der Waals surface area contributed by atoms with Crippen molar-refractivity contribution in [2.75, 3.05) is 25.5 Å². The van der Waals surface area contributed by atoms with E-state index in [1.165, 1.54) is 36.1 Å². The molecule has 0 spiro atoms. The van der Waals surface area contributed by atoms with Gasteiger partial charge >= 0.3 is 0 Å². The van der Waals surface area contributed by atoms with E-state index >= 15 is 0 Å². The lowest BCUT2D eigenvalue weighted by molar-refractivity contribution is 0.102. The molecule has 0 aliphatic heterocycles. The van der Waals surface area contributed by atoms with Gasteiger partial charge in [0.15, 0.2) is 5.13 Å². The number of rotatable bonds is 8. The van der Waals surface area contributed by atoms with Gasteiger partial charge in [-0.25, -0.2) is 9.37 Å². The average molecular weight is 414 g/mol. The van der Waals surface area contributed by atoms with E-state index in [1.807, 2.05) is 24.3 Å². The van der Waals surface area contributed by atoms with Gasteiger partial charge < -0.3 is 4.74 Å². The number of benzene rings is 2. The maximum absolute atomic E-state index is 13.6. The van der Waals surface area contributed by atoms with E-state index in [2.05, 4.69) is 29.0 Å². The van der Waals surface area contributed by atoms with Crippen LogP contribution in [0.2, 0.25) is 0 Å². The predicted octanol–water partition coefficient (Wildman–Crippen LogP) is 5.05. The molecule has 29 heavy (non-hydrogen) atoms. The molecule has 3 aromatic rings. The maximum atomic E-state index is 13.6. The third kappa shape index (κ3) is 5.19. The highest BCUT2D eigenvalue weighted by molar-refractivity contribution is 7.14. The van der Waals surface area contributed by atoms with E-state index < -0.39 is 0 Å². The second-order valence-electron chi connectivity index (χ2n) is 6.49. The molecule has 0 fully saturated rings. The SMILES string of the molecule is CCN(CC)Cc1ccc(C(=O)Nc2nc(-c3cc(F)ccc3OC)cs2)cc1. The Morgan fingerprint density at radius 2 is 1.90 bits per heavy atom. The van der Waals surface area contributed by atoms with Crippen molar-refractivity contribution in [3.05, 3.63) is 64.8 Å². The molecule has 7 heteroatoms. The number of hydrogen-bond acceptors (Lipinski definition) is 5. The number of aromatic nitrogens is 1. The molecule has 0 radical (unpaired) electrons. The fourth-order valence-corrected chi connectivity index (χ4v) is 3.68. The highest BCUT2D eigenvalue weighted by Crippen LogP contribution is 2.32. The molecular formula is C22H24FN3O2S. The number of nitrogens with zero attached hydrogens (tertiary/aromatic N) is 2. The molecule has 2 aromatic carbocycles. The first-order valence-electron chi connectivity index (χ1n) is 9.46. The van der Waals surface area contributed by atoms with Gasteiger partial charge in [-0.05, 0) is 49.0 Å². The summed E-state index contributed by atoms with van der Waals surface area (Å²) in [5.41, 5.74) is 2.83. The third-order valence-electron chi connectivity index (χ3n) is 4.68. The number of thiazole rings is 1. The summed E-state index contributed by atoms with van der Waals surface area (Å²) in [6.07, 6.45) is 0. The number of carbonyl (C=O) groups is 1. The Hall–Kier alpha value is -2.77. The summed E-state index contributed by atoms with van der Waals surface area (Å²) < 4.78 is 18.9. The zero-order valence-corrected chi connectivity index (χ0v) is 17.6. The number of carbonyl (C=O) groups excluding carboxylic acids is 1. The van der Waals surface area contributed by atoms with Crippen molar-refractivity contribution in [2.45, 2.75) is 20.4 Å². The molecule has 0 saturated heterocycles. The van der Waals surface area contributed by atoms with E-state index in [1.54, 1.807) is 11.4 Å². The van der Waals surface area contributed by atoms with E-state index in [9.17, 15) is 9.18 Å². The standard InChI is InChI=1S/C22H24FN3O2S/c1-4-26(5-2)13-15-6-8-16(9-7-15)21(27)25-22-24-19(14-29-22)18-12-17(23)10-11-20(18)28-3/h6-12,14H,4-5,13H2,1-3H3,(H,24,25,27). The van der Waals surface area contributed by atoms with Crippen LogP contribution in [0.4, 0.5) is 9.52 Å². The number of ether oxygens (including phenoxy) is 1. The fraction of sp³-hybridized carbons (Fsp3) is 0.273. The normalized spacial score (nSPS) is 10.9. The highest BCUT2D eigenvalue weighted by Gasteiger charge is 2.14. The van der Waals surface area contributed by atoms with Crippen LogP contribution in [-0.2, 0) is 6.54 Å². The largest absolute Gasteiger partial charge is 0.496 e. The topological polar surface area (TPSA) is 54.5 Å². The first-order chi connectivity index (χ1) is 14.0. The Labute approximate surface area is 174 Å². The Morgan fingerprint density at radius 1 is 1.17 bits per heavy atom. The van der Waals surface area contributed by atoms with Gasteiger partial charge in [0, 0.05) is 23.1 Å². The van der Waals surface area contributed by atoms with Crippen molar-refractivity contribution >= 4 is 22.4 Å². The van der Waals surface area contributed by atoms with Crippen molar-refractivity contribution in [1.82, 2.24) is 9.88 Å². The minimum Gasteiger partial charge on any atom is -0.496 e. The number of hydrogen-bond donors (Lipinski definition) is 1. The number of methoxy groups -OCH3 is 1.